The minimum Gasteiger partial charge on any atom is -0.454 e. The molecule has 0 saturated carbocycles. The van der Waals surface area contributed by atoms with Crippen LogP contribution >= 0.6 is 0 Å². The molecule has 3 aromatic carbocycles. The van der Waals surface area contributed by atoms with Crippen molar-refractivity contribution in [1.82, 2.24) is 10.4 Å². The molecular formula is C24H20N4O3. The number of benzene rings is 3. The molecule has 7 nitrogen and oxygen atoms in total. The van der Waals surface area contributed by atoms with Gasteiger partial charge in [-0.2, -0.15) is 5.10 Å². The van der Waals surface area contributed by atoms with Crippen LogP contribution in [0.4, 0.5) is 5.69 Å². The molecule has 3 N–H and O–H groups in total. The summed E-state index contributed by atoms with van der Waals surface area (Å²) < 4.78 is 10.7. The molecule has 0 radical (unpaired) electrons. The van der Waals surface area contributed by atoms with Gasteiger partial charge in [-0.05, 0) is 48.0 Å². The average molecular weight is 412 g/mol. The second kappa shape index (κ2) is 8.23. The fourth-order valence-corrected chi connectivity index (χ4v) is 3.42. The molecule has 31 heavy (non-hydrogen) atoms. The molecule has 5 rings (SSSR count). The fraction of sp³-hybridized carbons (Fsp3) is 0.0833. The lowest BCUT2D eigenvalue weighted by molar-refractivity contribution is 0.0955. The highest BCUT2D eigenvalue weighted by Crippen LogP contribution is 2.32. The minimum atomic E-state index is -0.265. The first-order valence-electron chi connectivity index (χ1n) is 9.88. The summed E-state index contributed by atoms with van der Waals surface area (Å²) in [7, 11) is 0. The Morgan fingerprint density at radius 1 is 1.03 bits per heavy atom. The zero-order valence-corrected chi connectivity index (χ0v) is 16.6. The number of para-hydroxylation sites is 1. The van der Waals surface area contributed by atoms with Crippen molar-refractivity contribution in [2.24, 2.45) is 5.10 Å². The Morgan fingerprint density at radius 2 is 1.87 bits per heavy atom. The molecule has 0 atom stereocenters. The third-order valence-electron chi connectivity index (χ3n) is 5.07. The SMILES string of the molecule is O=C(N/N=C/c1c[nH]c2ccccc12)c1ccc(NCc2ccc3c(c2)OCO3)cc1. The number of hydrazone groups is 1. The van der Waals surface area contributed by atoms with Gasteiger partial charge in [0.1, 0.15) is 0 Å². The van der Waals surface area contributed by atoms with E-state index < -0.39 is 0 Å². The number of hydrogen-bond donors (Lipinski definition) is 3. The predicted molar refractivity (Wildman–Crippen MR) is 120 cm³/mol. The molecule has 7 heteroatoms. The largest absolute Gasteiger partial charge is 0.454 e. The topological polar surface area (TPSA) is 87.7 Å². The summed E-state index contributed by atoms with van der Waals surface area (Å²) >= 11 is 0. The molecule has 1 amide bonds. The zero-order valence-electron chi connectivity index (χ0n) is 16.6. The summed E-state index contributed by atoms with van der Waals surface area (Å²) in [4.78, 5) is 15.5. The fourth-order valence-electron chi connectivity index (χ4n) is 3.42. The van der Waals surface area contributed by atoms with Crippen molar-refractivity contribution in [3.8, 4) is 11.5 Å². The van der Waals surface area contributed by atoms with E-state index in [9.17, 15) is 4.79 Å². The maximum atomic E-state index is 12.4. The van der Waals surface area contributed by atoms with Gasteiger partial charge in [0.25, 0.3) is 5.91 Å². The van der Waals surface area contributed by atoms with Crippen LogP contribution in [0.25, 0.3) is 10.9 Å². The highest BCUT2D eigenvalue weighted by Gasteiger charge is 2.13. The van der Waals surface area contributed by atoms with Crippen LogP contribution in [-0.2, 0) is 6.54 Å². The van der Waals surface area contributed by atoms with Gasteiger partial charge in [0.2, 0.25) is 6.79 Å². The number of nitrogens with one attached hydrogen (secondary N) is 3. The Balaban J connectivity index is 1.17. The lowest BCUT2D eigenvalue weighted by atomic mass is 10.1. The summed E-state index contributed by atoms with van der Waals surface area (Å²) in [6.07, 6.45) is 3.50. The van der Waals surface area contributed by atoms with E-state index >= 15 is 0 Å². The smallest absolute Gasteiger partial charge is 0.271 e. The molecule has 1 aromatic heterocycles. The van der Waals surface area contributed by atoms with Crippen LogP contribution in [0.15, 0.2) is 78.0 Å². The number of carbonyl (C=O) groups is 1. The van der Waals surface area contributed by atoms with Crippen LogP contribution in [0.1, 0.15) is 21.5 Å². The standard InChI is InChI=1S/C24H20N4O3/c29-24(28-27-14-18-13-26-21-4-2-1-3-20(18)21)17-6-8-19(9-7-17)25-12-16-5-10-22-23(11-16)31-15-30-22/h1-11,13-14,25-26H,12,15H2,(H,28,29)/b27-14+. The van der Waals surface area contributed by atoms with Crippen LogP contribution < -0.4 is 20.2 Å². The number of fused-ring (bicyclic) bond motifs is 2. The van der Waals surface area contributed by atoms with Gasteiger partial charge in [0, 0.05) is 40.5 Å². The van der Waals surface area contributed by atoms with E-state index in [1.165, 1.54) is 0 Å². The molecule has 0 aliphatic carbocycles. The lowest BCUT2D eigenvalue weighted by Gasteiger charge is -2.08. The Morgan fingerprint density at radius 3 is 2.77 bits per heavy atom. The van der Waals surface area contributed by atoms with Crippen molar-refractivity contribution >= 4 is 28.7 Å². The maximum Gasteiger partial charge on any atom is 0.271 e. The summed E-state index contributed by atoms with van der Waals surface area (Å²) in [5.74, 6) is 1.27. The van der Waals surface area contributed by atoms with Gasteiger partial charge in [-0.25, -0.2) is 5.43 Å². The molecule has 4 aromatic rings. The number of rotatable bonds is 6. The molecular weight excluding hydrogens is 392 g/mol. The van der Waals surface area contributed by atoms with Crippen LogP contribution in [-0.4, -0.2) is 23.9 Å². The molecule has 0 spiro atoms. The van der Waals surface area contributed by atoms with E-state index in [1.54, 1.807) is 18.3 Å². The number of hydrogen-bond acceptors (Lipinski definition) is 5. The highest BCUT2D eigenvalue weighted by atomic mass is 16.7. The van der Waals surface area contributed by atoms with Crippen molar-refractivity contribution in [3.05, 3.63) is 89.6 Å². The monoisotopic (exact) mass is 412 g/mol. The number of ether oxygens (including phenoxy) is 2. The van der Waals surface area contributed by atoms with Crippen molar-refractivity contribution in [2.75, 3.05) is 12.1 Å². The van der Waals surface area contributed by atoms with Gasteiger partial charge < -0.3 is 19.8 Å². The van der Waals surface area contributed by atoms with E-state index in [2.05, 4.69) is 20.8 Å². The first-order chi connectivity index (χ1) is 15.3. The number of anilines is 1. The third kappa shape index (κ3) is 4.06. The zero-order chi connectivity index (χ0) is 21.0. The Kier molecular flexibility index (Phi) is 4.98. The number of aromatic nitrogens is 1. The Hall–Kier alpha value is -4.26. The van der Waals surface area contributed by atoms with Crippen LogP contribution in [0.2, 0.25) is 0 Å². The number of nitrogens with zero attached hydrogens (tertiary/aromatic N) is 1. The van der Waals surface area contributed by atoms with Gasteiger partial charge >= 0.3 is 0 Å². The minimum absolute atomic E-state index is 0.265. The average Bonchev–Trinajstić information content (AvgIpc) is 3.45. The summed E-state index contributed by atoms with van der Waals surface area (Å²) in [6, 6.07) is 21.1. The molecule has 2 heterocycles. The van der Waals surface area contributed by atoms with Gasteiger partial charge in [-0.1, -0.05) is 24.3 Å². The molecule has 0 unspecified atom stereocenters. The number of aromatic amines is 1. The van der Waals surface area contributed by atoms with Crippen molar-refractivity contribution < 1.29 is 14.3 Å². The maximum absolute atomic E-state index is 12.4. The molecule has 0 saturated heterocycles. The molecule has 0 bridgehead atoms. The number of H-pyrrole nitrogens is 1. The lowest BCUT2D eigenvalue weighted by Crippen LogP contribution is -2.17. The third-order valence-corrected chi connectivity index (χ3v) is 5.07. The van der Waals surface area contributed by atoms with E-state index in [-0.39, 0.29) is 12.7 Å². The van der Waals surface area contributed by atoms with Gasteiger partial charge in [0.05, 0.1) is 6.21 Å². The molecule has 0 fully saturated rings. The predicted octanol–water partition coefficient (Wildman–Crippen LogP) is 4.27. The molecule has 154 valence electrons. The number of carbonyl (C=O) groups excluding carboxylic acids is 1. The van der Waals surface area contributed by atoms with Gasteiger partial charge in [-0.3, -0.25) is 4.79 Å². The van der Waals surface area contributed by atoms with E-state index in [0.29, 0.717) is 12.1 Å². The Bertz CT molecular complexity index is 1260. The van der Waals surface area contributed by atoms with Crippen LogP contribution in [0, 0.1) is 0 Å². The van der Waals surface area contributed by atoms with Crippen molar-refractivity contribution in [1.29, 1.82) is 0 Å². The van der Waals surface area contributed by atoms with E-state index in [1.807, 2.05) is 60.8 Å². The normalized spacial score (nSPS) is 12.4. The van der Waals surface area contributed by atoms with Crippen molar-refractivity contribution in [3.63, 3.8) is 0 Å². The summed E-state index contributed by atoms with van der Waals surface area (Å²) in [5.41, 5.74) is 7.04. The number of amides is 1. The second-order valence-electron chi connectivity index (χ2n) is 7.11. The van der Waals surface area contributed by atoms with Crippen LogP contribution in [0.5, 0.6) is 11.5 Å². The molecule has 1 aliphatic heterocycles. The van der Waals surface area contributed by atoms with E-state index in [4.69, 9.17) is 9.47 Å². The van der Waals surface area contributed by atoms with Gasteiger partial charge in [0.15, 0.2) is 11.5 Å². The van der Waals surface area contributed by atoms with E-state index in [0.717, 1.165) is 39.2 Å². The first kappa shape index (κ1) is 18.7. The van der Waals surface area contributed by atoms with Crippen LogP contribution in [0.3, 0.4) is 0 Å². The van der Waals surface area contributed by atoms with Crippen molar-refractivity contribution in [2.45, 2.75) is 6.54 Å². The molecule has 1 aliphatic rings. The second-order valence-corrected chi connectivity index (χ2v) is 7.11. The summed E-state index contributed by atoms with van der Waals surface area (Å²) in [6.45, 7) is 0.901. The van der Waals surface area contributed by atoms with Gasteiger partial charge in [-0.15, -0.1) is 0 Å². The Labute approximate surface area is 178 Å². The first-order valence-corrected chi connectivity index (χ1v) is 9.88. The highest BCUT2D eigenvalue weighted by molar-refractivity contribution is 6.00. The summed E-state index contributed by atoms with van der Waals surface area (Å²) in [5, 5.41) is 8.47. The quantitative estimate of drug-likeness (QED) is 0.326.